The number of anilines is 2. The fourth-order valence-corrected chi connectivity index (χ4v) is 3.86. The largest absolute Gasteiger partial charge is 0.495 e. The van der Waals surface area contributed by atoms with Gasteiger partial charge in [-0.3, -0.25) is 13.9 Å². The molecule has 9 heteroatoms. The van der Waals surface area contributed by atoms with Gasteiger partial charge >= 0.3 is 5.69 Å². The maximum absolute atomic E-state index is 13.1. The molecule has 0 aliphatic carbocycles. The molecular formula is C19H22ClN5O3. The number of hydrogen-bond donors (Lipinski definition) is 0. The van der Waals surface area contributed by atoms with Crippen LogP contribution in [0.3, 0.4) is 0 Å². The molecule has 148 valence electrons. The number of nitrogens with zero attached hydrogens (tertiary/aromatic N) is 5. The zero-order valence-corrected chi connectivity index (χ0v) is 16.9. The molecule has 8 nitrogen and oxygen atoms in total. The number of aryl methyl sites for hydroxylation is 1. The third kappa shape index (κ3) is 2.71. The highest BCUT2D eigenvalue weighted by molar-refractivity contribution is 6.31. The van der Waals surface area contributed by atoms with Crippen molar-refractivity contribution < 1.29 is 4.74 Å². The number of aromatic nitrogens is 4. The van der Waals surface area contributed by atoms with Crippen LogP contribution in [-0.4, -0.2) is 32.3 Å². The van der Waals surface area contributed by atoms with Crippen LogP contribution in [0.4, 0.5) is 11.6 Å². The molecule has 0 unspecified atom stereocenters. The van der Waals surface area contributed by atoms with E-state index in [1.165, 1.54) is 9.13 Å². The molecule has 3 heterocycles. The molecule has 0 spiro atoms. The van der Waals surface area contributed by atoms with E-state index in [2.05, 4.69) is 4.98 Å². The van der Waals surface area contributed by atoms with Crippen LogP contribution in [0.2, 0.25) is 5.02 Å². The van der Waals surface area contributed by atoms with Gasteiger partial charge < -0.3 is 14.2 Å². The van der Waals surface area contributed by atoms with Gasteiger partial charge in [0.2, 0.25) is 5.95 Å². The summed E-state index contributed by atoms with van der Waals surface area (Å²) in [6.45, 7) is 3.65. The number of rotatable bonds is 5. The van der Waals surface area contributed by atoms with Crippen molar-refractivity contribution in [3.63, 3.8) is 0 Å². The van der Waals surface area contributed by atoms with Gasteiger partial charge in [0.1, 0.15) is 5.75 Å². The molecule has 4 rings (SSSR count). The van der Waals surface area contributed by atoms with Gasteiger partial charge in [0.25, 0.3) is 5.56 Å². The lowest BCUT2D eigenvalue weighted by Crippen LogP contribution is -2.39. The molecule has 0 fully saturated rings. The number of halogens is 1. The number of methoxy groups -OCH3 is 1. The Bertz CT molecular complexity index is 1180. The predicted octanol–water partition coefficient (Wildman–Crippen LogP) is 2.51. The lowest BCUT2D eigenvalue weighted by atomic mass is 10.2. The summed E-state index contributed by atoms with van der Waals surface area (Å²) in [5, 5.41) is 0.583. The van der Waals surface area contributed by atoms with Gasteiger partial charge in [-0.1, -0.05) is 24.9 Å². The summed E-state index contributed by atoms with van der Waals surface area (Å²) in [6, 6.07) is 5.38. The van der Waals surface area contributed by atoms with Crippen molar-refractivity contribution in [2.45, 2.75) is 32.9 Å². The molecule has 2 aromatic heterocycles. The second-order valence-corrected chi connectivity index (χ2v) is 7.29. The number of unbranched alkanes of at least 4 members (excludes halogenated alkanes) is 1. The predicted molar refractivity (Wildman–Crippen MR) is 109 cm³/mol. The molecule has 1 aliphatic heterocycles. The summed E-state index contributed by atoms with van der Waals surface area (Å²) in [6.07, 6.45) is 1.67. The van der Waals surface area contributed by atoms with Gasteiger partial charge in [-0.05, 0) is 24.6 Å². The number of benzene rings is 1. The fourth-order valence-electron chi connectivity index (χ4n) is 3.69. The SMILES string of the molecule is CCCCn1c(=O)c2c(nc3n2CCN3c2cc(Cl)ccc2OC)n(C)c1=O. The first-order valence-corrected chi connectivity index (χ1v) is 9.66. The summed E-state index contributed by atoms with van der Waals surface area (Å²) < 4.78 is 10.1. The topological polar surface area (TPSA) is 74.3 Å². The Morgan fingerprint density at radius 3 is 2.75 bits per heavy atom. The minimum Gasteiger partial charge on any atom is -0.495 e. The third-order valence-corrected chi connectivity index (χ3v) is 5.40. The molecule has 0 saturated heterocycles. The van der Waals surface area contributed by atoms with Gasteiger partial charge in [-0.2, -0.15) is 4.98 Å². The number of ether oxygens (including phenoxy) is 1. The van der Waals surface area contributed by atoms with E-state index < -0.39 is 0 Å². The summed E-state index contributed by atoms with van der Waals surface area (Å²) in [7, 11) is 3.25. The van der Waals surface area contributed by atoms with Crippen molar-refractivity contribution in [2.24, 2.45) is 7.05 Å². The molecule has 1 aromatic carbocycles. The molecule has 0 saturated carbocycles. The number of hydrogen-bond acceptors (Lipinski definition) is 5. The first kappa shape index (κ1) is 18.6. The minimum absolute atomic E-state index is 0.287. The molecule has 0 N–H and O–H groups in total. The Labute approximate surface area is 166 Å². The van der Waals surface area contributed by atoms with E-state index in [4.69, 9.17) is 16.3 Å². The minimum atomic E-state index is -0.338. The van der Waals surface area contributed by atoms with Crippen LogP contribution in [0.15, 0.2) is 27.8 Å². The van der Waals surface area contributed by atoms with Crippen molar-refractivity contribution in [3.8, 4) is 5.75 Å². The van der Waals surface area contributed by atoms with E-state index in [9.17, 15) is 9.59 Å². The molecule has 0 bridgehead atoms. The second kappa shape index (κ2) is 7.01. The van der Waals surface area contributed by atoms with E-state index in [-0.39, 0.29) is 11.2 Å². The third-order valence-electron chi connectivity index (χ3n) is 5.17. The van der Waals surface area contributed by atoms with Crippen LogP contribution in [0, 0.1) is 0 Å². The average Bonchev–Trinajstić information content (AvgIpc) is 3.25. The Balaban J connectivity index is 1.93. The van der Waals surface area contributed by atoms with E-state index in [0.29, 0.717) is 47.5 Å². The van der Waals surface area contributed by atoms with Crippen molar-refractivity contribution >= 4 is 34.4 Å². The summed E-state index contributed by atoms with van der Waals surface area (Å²) in [5.74, 6) is 1.27. The zero-order chi connectivity index (χ0) is 20.0. The molecule has 1 aliphatic rings. The molecular weight excluding hydrogens is 382 g/mol. The lowest BCUT2D eigenvalue weighted by molar-refractivity contribution is 0.415. The highest BCUT2D eigenvalue weighted by atomic mass is 35.5. The number of fused-ring (bicyclic) bond motifs is 3. The van der Waals surface area contributed by atoms with Gasteiger partial charge in [0, 0.05) is 31.7 Å². The zero-order valence-electron chi connectivity index (χ0n) is 16.1. The second-order valence-electron chi connectivity index (χ2n) is 6.86. The van der Waals surface area contributed by atoms with E-state index >= 15 is 0 Å². The van der Waals surface area contributed by atoms with Crippen LogP contribution in [0.25, 0.3) is 11.2 Å². The summed E-state index contributed by atoms with van der Waals surface area (Å²) in [4.78, 5) is 32.3. The Hall–Kier alpha value is -2.74. The van der Waals surface area contributed by atoms with Crippen LogP contribution < -0.4 is 20.9 Å². The van der Waals surface area contributed by atoms with E-state index in [1.54, 1.807) is 26.3 Å². The molecule has 0 radical (unpaired) electrons. The number of imidazole rings is 1. The van der Waals surface area contributed by atoms with Gasteiger partial charge in [-0.15, -0.1) is 0 Å². The fraction of sp³-hybridized carbons (Fsp3) is 0.421. The molecule has 3 aromatic rings. The van der Waals surface area contributed by atoms with Crippen LogP contribution in [-0.2, 0) is 20.1 Å². The summed E-state index contributed by atoms with van der Waals surface area (Å²) in [5.41, 5.74) is 1.00. The van der Waals surface area contributed by atoms with Crippen LogP contribution >= 0.6 is 11.6 Å². The first-order chi connectivity index (χ1) is 13.5. The highest BCUT2D eigenvalue weighted by Crippen LogP contribution is 2.38. The van der Waals surface area contributed by atoms with Crippen molar-refractivity contribution in [2.75, 3.05) is 18.6 Å². The van der Waals surface area contributed by atoms with Gasteiger partial charge in [0.15, 0.2) is 11.2 Å². The molecule has 0 atom stereocenters. The maximum atomic E-state index is 13.1. The van der Waals surface area contributed by atoms with Crippen molar-refractivity contribution in [3.05, 3.63) is 44.1 Å². The highest BCUT2D eigenvalue weighted by Gasteiger charge is 2.30. The van der Waals surface area contributed by atoms with Crippen molar-refractivity contribution in [1.82, 2.24) is 18.7 Å². The maximum Gasteiger partial charge on any atom is 0.332 e. The molecule has 28 heavy (non-hydrogen) atoms. The van der Waals surface area contributed by atoms with E-state index in [1.807, 2.05) is 22.5 Å². The Morgan fingerprint density at radius 2 is 2.04 bits per heavy atom. The standard InChI is InChI=1S/C19H22ClN5O3/c1-4-5-8-25-17(26)15-16(22(2)19(25)27)21-18-23(9-10-24(15)18)13-11-12(20)6-7-14(13)28-3/h6-7,11H,4-5,8-10H2,1-3H3. The average molecular weight is 404 g/mol. The summed E-state index contributed by atoms with van der Waals surface area (Å²) >= 11 is 6.19. The Morgan fingerprint density at radius 1 is 1.25 bits per heavy atom. The lowest BCUT2D eigenvalue weighted by Gasteiger charge is -2.19. The van der Waals surface area contributed by atoms with E-state index in [0.717, 1.165) is 18.5 Å². The van der Waals surface area contributed by atoms with Crippen LogP contribution in [0.5, 0.6) is 5.75 Å². The molecule has 0 amide bonds. The normalized spacial score (nSPS) is 13.4. The first-order valence-electron chi connectivity index (χ1n) is 9.29. The van der Waals surface area contributed by atoms with Gasteiger partial charge in [0.05, 0.1) is 12.8 Å². The quantitative estimate of drug-likeness (QED) is 0.654. The van der Waals surface area contributed by atoms with Crippen LogP contribution in [0.1, 0.15) is 19.8 Å². The van der Waals surface area contributed by atoms with Crippen molar-refractivity contribution in [1.29, 1.82) is 0 Å². The van der Waals surface area contributed by atoms with Gasteiger partial charge in [-0.25, -0.2) is 4.79 Å². The Kier molecular flexibility index (Phi) is 4.66. The smallest absolute Gasteiger partial charge is 0.332 e. The monoisotopic (exact) mass is 403 g/mol.